The van der Waals surface area contributed by atoms with E-state index in [4.69, 9.17) is 0 Å². The van der Waals surface area contributed by atoms with Crippen LogP contribution in [0.5, 0.6) is 0 Å². The minimum Gasteiger partial charge on any atom is -0.381 e. The van der Waals surface area contributed by atoms with Crippen LogP contribution < -0.4 is 5.32 Å². The highest BCUT2D eigenvalue weighted by atomic mass is 16.2. The van der Waals surface area contributed by atoms with Gasteiger partial charge >= 0.3 is 0 Å². The Morgan fingerprint density at radius 3 is 2.75 bits per heavy atom. The molecule has 1 N–H and O–H groups in total. The predicted octanol–water partition coefficient (Wildman–Crippen LogP) is 2.45. The molecule has 3 aromatic rings. The Bertz CT molecular complexity index is 845. The molecule has 1 amide bonds. The lowest BCUT2D eigenvalue weighted by molar-refractivity contribution is 0.0710. The van der Waals surface area contributed by atoms with Crippen LogP contribution >= 0.6 is 0 Å². The number of carbonyl (C=O) groups excluding carboxylic acids is 1. The Hall–Kier alpha value is -2.89. The Kier molecular flexibility index (Phi) is 3.86. The molecule has 1 unspecified atom stereocenters. The molecule has 1 saturated heterocycles. The van der Waals surface area contributed by atoms with Crippen LogP contribution in [0.1, 0.15) is 23.3 Å². The lowest BCUT2D eigenvalue weighted by Gasteiger charge is -2.33. The number of fused-ring (bicyclic) bond motifs is 1. The van der Waals surface area contributed by atoms with Gasteiger partial charge in [0.15, 0.2) is 11.3 Å². The molecule has 1 aromatic carbocycles. The van der Waals surface area contributed by atoms with Gasteiger partial charge in [0.1, 0.15) is 0 Å². The number of nitrogens with zero attached hydrogens (tertiary/aromatic N) is 4. The van der Waals surface area contributed by atoms with Gasteiger partial charge in [-0.05, 0) is 25.0 Å². The first-order valence-corrected chi connectivity index (χ1v) is 8.20. The van der Waals surface area contributed by atoms with Crippen LogP contribution in [0.2, 0.25) is 0 Å². The molecule has 0 radical (unpaired) electrons. The Balaban J connectivity index is 1.51. The van der Waals surface area contributed by atoms with Gasteiger partial charge < -0.3 is 14.6 Å². The summed E-state index contributed by atoms with van der Waals surface area (Å²) in [5.74, 6) is -0.0497. The molecule has 1 aliphatic rings. The van der Waals surface area contributed by atoms with E-state index in [1.807, 2.05) is 45.8 Å². The first-order valence-electron chi connectivity index (χ1n) is 8.20. The normalized spacial score (nSPS) is 17.8. The summed E-state index contributed by atoms with van der Waals surface area (Å²) in [4.78, 5) is 23.3. The number of anilines is 1. The van der Waals surface area contributed by atoms with E-state index in [2.05, 4.69) is 15.3 Å². The highest BCUT2D eigenvalue weighted by Crippen LogP contribution is 2.18. The van der Waals surface area contributed by atoms with Gasteiger partial charge in [0.2, 0.25) is 0 Å². The summed E-state index contributed by atoms with van der Waals surface area (Å²) < 4.78 is 1.82. The van der Waals surface area contributed by atoms with Crippen LogP contribution in [-0.2, 0) is 0 Å². The Morgan fingerprint density at radius 1 is 1.12 bits per heavy atom. The summed E-state index contributed by atoms with van der Waals surface area (Å²) in [5, 5.41) is 3.51. The molecular formula is C18H19N5O. The molecule has 6 heteroatoms. The van der Waals surface area contributed by atoms with Crippen LogP contribution in [0.25, 0.3) is 5.65 Å². The fourth-order valence-corrected chi connectivity index (χ4v) is 3.20. The van der Waals surface area contributed by atoms with E-state index in [-0.39, 0.29) is 11.9 Å². The van der Waals surface area contributed by atoms with Crippen molar-refractivity contribution in [1.29, 1.82) is 0 Å². The van der Waals surface area contributed by atoms with Gasteiger partial charge in [-0.25, -0.2) is 9.97 Å². The number of hydrogen-bond acceptors (Lipinski definition) is 4. The third-order valence-electron chi connectivity index (χ3n) is 4.37. The molecule has 6 nitrogen and oxygen atoms in total. The van der Waals surface area contributed by atoms with Gasteiger partial charge in [0.05, 0.1) is 0 Å². The highest BCUT2D eigenvalue weighted by Gasteiger charge is 2.26. The molecule has 2 aromatic heterocycles. The number of carbonyl (C=O) groups is 1. The number of piperidine rings is 1. The van der Waals surface area contributed by atoms with E-state index >= 15 is 0 Å². The van der Waals surface area contributed by atoms with Crippen molar-refractivity contribution in [3.05, 3.63) is 60.8 Å². The Labute approximate surface area is 140 Å². The average molecular weight is 321 g/mol. The van der Waals surface area contributed by atoms with Gasteiger partial charge in [-0.15, -0.1) is 0 Å². The van der Waals surface area contributed by atoms with Crippen molar-refractivity contribution in [3.63, 3.8) is 0 Å². The van der Waals surface area contributed by atoms with E-state index in [0.29, 0.717) is 17.9 Å². The maximum atomic E-state index is 12.9. The predicted molar refractivity (Wildman–Crippen MR) is 92.0 cm³/mol. The van der Waals surface area contributed by atoms with Crippen LogP contribution in [0.3, 0.4) is 0 Å². The van der Waals surface area contributed by atoms with E-state index in [1.54, 1.807) is 18.6 Å². The molecule has 1 fully saturated rings. The quantitative estimate of drug-likeness (QED) is 0.805. The third-order valence-corrected chi connectivity index (χ3v) is 4.37. The van der Waals surface area contributed by atoms with Crippen LogP contribution in [0, 0.1) is 0 Å². The van der Waals surface area contributed by atoms with Crippen molar-refractivity contribution in [2.24, 2.45) is 0 Å². The van der Waals surface area contributed by atoms with E-state index < -0.39 is 0 Å². The zero-order valence-corrected chi connectivity index (χ0v) is 13.3. The maximum Gasteiger partial charge on any atom is 0.276 e. The molecule has 1 atom stereocenters. The first kappa shape index (κ1) is 14.7. The second-order valence-corrected chi connectivity index (χ2v) is 6.03. The lowest BCUT2D eigenvalue weighted by atomic mass is 10.0. The molecule has 0 spiro atoms. The second-order valence-electron chi connectivity index (χ2n) is 6.03. The molecule has 1 aliphatic heterocycles. The third kappa shape index (κ3) is 2.82. The van der Waals surface area contributed by atoms with Crippen molar-refractivity contribution in [3.8, 4) is 0 Å². The largest absolute Gasteiger partial charge is 0.381 e. The number of aromatic nitrogens is 3. The fraction of sp³-hybridized carbons (Fsp3) is 0.278. The SMILES string of the molecule is O=C(c1nccn2ccnc12)N1CCCC(Nc2ccccc2)C1. The molecule has 0 aliphatic carbocycles. The lowest BCUT2D eigenvalue weighted by Crippen LogP contribution is -2.45. The van der Waals surface area contributed by atoms with Gasteiger partial charge in [-0.1, -0.05) is 18.2 Å². The van der Waals surface area contributed by atoms with E-state index in [1.165, 1.54) is 0 Å². The van der Waals surface area contributed by atoms with Crippen molar-refractivity contribution in [2.45, 2.75) is 18.9 Å². The summed E-state index contributed by atoms with van der Waals surface area (Å²) in [7, 11) is 0. The summed E-state index contributed by atoms with van der Waals surface area (Å²) in [6.45, 7) is 1.44. The zero-order chi connectivity index (χ0) is 16.4. The van der Waals surface area contributed by atoms with Crippen molar-refractivity contribution < 1.29 is 4.79 Å². The number of amides is 1. The highest BCUT2D eigenvalue weighted by molar-refractivity contribution is 5.97. The summed E-state index contributed by atoms with van der Waals surface area (Å²) in [5.41, 5.74) is 2.12. The number of imidazole rings is 1. The van der Waals surface area contributed by atoms with Crippen LogP contribution in [0.15, 0.2) is 55.1 Å². The number of nitrogens with one attached hydrogen (secondary N) is 1. The summed E-state index contributed by atoms with van der Waals surface area (Å²) >= 11 is 0. The average Bonchev–Trinajstić information content (AvgIpc) is 3.11. The topological polar surface area (TPSA) is 62.5 Å². The number of likely N-dealkylation sites (tertiary alicyclic amines) is 1. The van der Waals surface area contributed by atoms with E-state index in [9.17, 15) is 4.79 Å². The van der Waals surface area contributed by atoms with E-state index in [0.717, 1.165) is 25.1 Å². The minimum absolute atomic E-state index is 0.0497. The molecule has 3 heterocycles. The van der Waals surface area contributed by atoms with Gasteiger partial charge in [-0.3, -0.25) is 4.79 Å². The smallest absolute Gasteiger partial charge is 0.276 e. The summed E-state index contributed by atoms with van der Waals surface area (Å²) in [6, 6.07) is 10.4. The van der Waals surface area contributed by atoms with Gasteiger partial charge in [0.25, 0.3) is 5.91 Å². The molecule has 122 valence electrons. The molecule has 24 heavy (non-hydrogen) atoms. The number of rotatable bonds is 3. The molecule has 4 rings (SSSR count). The van der Waals surface area contributed by atoms with Crippen molar-refractivity contribution in [2.75, 3.05) is 18.4 Å². The van der Waals surface area contributed by atoms with Gasteiger partial charge in [0, 0.05) is 49.6 Å². The Morgan fingerprint density at radius 2 is 1.92 bits per heavy atom. The monoisotopic (exact) mass is 321 g/mol. The second kappa shape index (κ2) is 6.31. The number of benzene rings is 1. The zero-order valence-electron chi connectivity index (χ0n) is 13.3. The first-order chi connectivity index (χ1) is 11.8. The van der Waals surface area contributed by atoms with Crippen molar-refractivity contribution in [1.82, 2.24) is 19.3 Å². The standard InChI is InChI=1S/C18H19N5O/c24-18(16-17-20-9-12-22(17)11-8-19-16)23-10-4-7-15(13-23)21-14-5-2-1-3-6-14/h1-3,5-6,8-9,11-12,15,21H,4,7,10,13H2. The number of para-hydroxylation sites is 1. The summed E-state index contributed by atoms with van der Waals surface area (Å²) in [6.07, 6.45) is 8.99. The maximum absolute atomic E-state index is 12.9. The van der Waals surface area contributed by atoms with Gasteiger partial charge in [-0.2, -0.15) is 0 Å². The van der Waals surface area contributed by atoms with Crippen molar-refractivity contribution >= 4 is 17.2 Å². The van der Waals surface area contributed by atoms with Crippen LogP contribution in [0.4, 0.5) is 5.69 Å². The molecule has 0 bridgehead atoms. The molecule has 0 saturated carbocycles. The fourth-order valence-electron chi connectivity index (χ4n) is 3.20. The molecular weight excluding hydrogens is 302 g/mol. The number of hydrogen-bond donors (Lipinski definition) is 1. The van der Waals surface area contributed by atoms with Crippen LogP contribution in [-0.4, -0.2) is 44.3 Å². The minimum atomic E-state index is -0.0497.